The monoisotopic (exact) mass is 534 g/mol. The van der Waals surface area contributed by atoms with E-state index in [1.165, 1.54) is 25.3 Å². The maximum atomic E-state index is 15.5. The lowest BCUT2D eigenvalue weighted by atomic mass is 9.47. The van der Waals surface area contributed by atoms with Gasteiger partial charge in [0, 0.05) is 23.6 Å². The molecule has 0 amide bonds. The van der Waals surface area contributed by atoms with Gasteiger partial charge >= 0.3 is 0 Å². The molecule has 0 saturated heterocycles. The van der Waals surface area contributed by atoms with Gasteiger partial charge in [0.1, 0.15) is 64.5 Å². The number of phenolic OH excluding ortho intramolecular Hbond substituents is 1. The van der Waals surface area contributed by atoms with E-state index in [9.17, 15) is 5.11 Å². The maximum Gasteiger partial charge on any atom is 0.212 e. The van der Waals surface area contributed by atoms with Crippen LogP contribution in [0.5, 0.6) is 11.6 Å². The molecule has 0 aliphatic heterocycles. The van der Waals surface area contributed by atoms with E-state index in [4.69, 9.17) is 4.74 Å². The number of aromatic nitrogens is 3. The molecule has 2 fully saturated rings. The van der Waals surface area contributed by atoms with Crippen LogP contribution in [0.1, 0.15) is 46.0 Å². The van der Waals surface area contributed by atoms with Crippen LogP contribution >= 0.6 is 0 Å². The number of nitrogens with zero attached hydrogens (tertiary/aromatic N) is 4. The highest BCUT2D eigenvalue weighted by Gasteiger charge is 2.51. The summed E-state index contributed by atoms with van der Waals surface area (Å²) >= 11 is 0. The molecule has 2 saturated carbocycles. The molecule has 1 N–H and O–H groups in total. The Morgan fingerprint density at radius 1 is 0.950 bits per heavy atom. The predicted molar refractivity (Wildman–Crippen MR) is 175 cm³/mol. The first-order valence-electron chi connectivity index (χ1n) is 14.4. The summed E-state index contributed by atoms with van der Waals surface area (Å²) in [5.41, 5.74) is 2.28. The van der Waals surface area contributed by atoms with Gasteiger partial charge in [-0.25, -0.2) is 9.37 Å². The Kier molecular flexibility index (Phi) is 7.11. The summed E-state index contributed by atoms with van der Waals surface area (Å²) in [7, 11) is 12.5. The summed E-state index contributed by atoms with van der Waals surface area (Å²) in [5.74, 6) is 0.469. The number of phenols is 1. The third-order valence-electron chi connectivity index (χ3n) is 8.43. The first kappa shape index (κ1) is 28.7. The van der Waals surface area contributed by atoms with Crippen LogP contribution in [-0.4, -0.2) is 83.9 Å². The standard InChI is InChI=1S/C27H37B6FN4O2/c1-24-6-7-25(2,14-24)13-17(12-24)38(26(28,29)30)21-4-3-19(36-37-21)23-18(34)9-16(10-20(23)39)15-5-8-35-22(11-15)40-27(31,32)33/h3-5,8-11,17,39H,6-7,12-14,28-33H2,1-2H3/t17-,24-,25+. The van der Waals surface area contributed by atoms with Crippen LogP contribution in [0.25, 0.3) is 22.4 Å². The highest BCUT2D eigenvalue weighted by atomic mass is 19.1. The first-order valence-corrected chi connectivity index (χ1v) is 14.4. The highest BCUT2D eigenvalue weighted by Crippen LogP contribution is 2.59. The van der Waals surface area contributed by atoms with Gasteiger partial charge in [-0.3, -0.25) is 0 Å². The molecular formula is C27H37B6FN4O2. The Morgan fingerprint density at radius 3 is 2.17 bits per heavy atom. The van der Waals surface area contributed by atoms with Crippen molar-refractivity contribution in [3.63, 3.8) is 0 Å². The van der Waals surface area contributed by atoms with Gasteiger partial charge in [-0.15, -0.1) is 10.2 Å². The van der Waals surface area contributed by atoms with Gasteiger partial charge in [-0.05, 0) is 89.6 Å². The number of hydrogen-bond acceptors (Lipinski definition) is 6. The van der Waals surface area contributed by atoms with Crippen LogP contribution in [0.2, 0.25) is 0 Å². The molecule has 0 unspecified atom stereocenters. The number of fused-ring (bicyclic) bond motifs is 2. The minimum Gasteiger partial charge on any atom is -0.507 e. The van der Waals surface area contributed by atoms with Crippen molar-refractivity contribution in [2.45, 2.75) is 62.5 Å². The number of halogens is 1. The maximum absolute atomic E-state index is 15.5. The average molecular weight is 533 g/mol. The van der Waals surface area contributed by atoms with Gasteiger partial charge < -0.3 is 14.7 Å². The Labute approximate surface area is 242 Å². The molecule has 2 aromatic heterocycles. The molecule has 2 aliphatic carbocycles. The minimum absolute atomic E-state index is 0.0427. The molecule has 202 valence electrons. The number of rotatable bonds is 7. The van der Waals surface area contributed by atoms with E-state index in [2.05, 4.69) is 57.5 Å². The molecular weight excluding hydrogens is 496 g/mol. The Hall–Kier alpha value is -2.83. The van der Waals surface area contributed by atoms with Crippen LogP contribution < -0.4 is 9.64 Å². The van der Waals surface area contributed by atoms with Crippen LogP contribution in [-0.2, 0) is 0 Å². The zero-order valence-electron chi connectivity index (χ0n) is 25.2. The molecule has 40 heavy (non-hydrogen) atoms. The lowest BCUT2D eigenvalue weighted by Gasteiger charge is -2.50. The van der Waals surface area contributed by atoms with Crippen molar-refractivity contribution in [2.75, 3.05) is 4.90 Å². The summed E-state index contributed by atoms with van der Waals surface area (Å²) < 4.78 is 21.3. The molecule has 5 rings (SSSR count). The summed E-state index contributed by atoms with van der Waals surface area (Å²) in [5, 5.41) is 19.4. The predicted octanol–water partition coefficient (Wildman–Crippen LogP) is -0.384. The van der Waals surface area contributed by atoms with E-state index in [-0.39, 0.29) is 16.5 Å². The Balaban J connectivity index is 1.43. The third-order valence-corrected chi connectivity index (χ3v) is 8.43. The number of anilines is 1. The van der Waals surface area contributed by atoms with Crippen molar-refractivity contribution in [2.24, 2.45) is 10.8 Å². The minimum atomic E-state index is -0.565. The highest BCUT2D eigenvalue weighted by molar-refractivity contribution is 6.61. The second-order valence-electron chi connectivity index (χ2n) is 14.6. The van der Waals surface area contributed by atoms with Crippen LogP contribution in [0.3, 0.4) is 0 Å². The molecule has 2 aliphatic rings. The quantitative estimate of drug-likeness (QED) is 0.418. The van der Waals surface area contributed by atoms with Gasteiger partial charge in [0.25, 0.3) is 0 Å². The fraction of sp³-hybridized carbons (Fsp3) is 0.444. The molecule has 2 bridgehead atoms. The number of aromatic hydroxyl groups is 1. The van der Waals surface area contributed by atoms with Crippen molar-refractivity contribution >= 4 is 52.9 Å². The number of hydrogen-bond donors (Lipinski definition) is 1. The van der Waals surface area contributed by atoms with Gasteiger partial charge in [0.2, 0.25) is 5.88 Å². The van der Waals surface area contributed by atoms with Crippen molar-refractivity contribution < 1.29 is 14.2 Å². The number of pyridine rings is 1. The van der Waals surface area contributed by atoms with E-state index >= 15 is 4.39 Å². The molecule has 2 heterocycles. The first-order chi connectivity index (χ1) is 18.5. The summed E-state index contributed by atoms with van der Waals surface area (Å²) in [6.07, 6.45) is 7.74. The SMILES string of the molecule is BC(B)(B)Oc1cc(-c2cc(O)c(-c3ccc(N([C@H]4C[C@]5(C)CC[C@](C)(C4)C5)C(B)(B)B)nn3)c(F)c2)ccn1. The normalized spacial score (nSPS) is 24.5. The summed E-state index contributed by atoms with van der Waals surface area (Å²) in [6.45, 7) is 4.86. The summed E-state index contributed by atoms with van der Waals surface area (Å²) in [6, 6.07) is 10.5. The van der Waals surface area contributed by atoms with E-state index in [0.29, 0.717) is 39.6 Å². The van der Waals surface area contributed by atoms with E-state index in [0.717, 1.165) is 18.7 Å². The molecule has 13 heteroatoms. The second kappa shape index (κ2) is 9.92. The zero-order chi connectivity index (χ0) is 29.1. The van der Waals surface area contributed by atoms with Crippen LogP contribution in [0.15, 0.2) is 42.6 Å². The molecule has 0 radical (unpaired) electrons. The molecule has 3 aromatic rings. The van der Waals surface area contributed by atoms with Crippen molar-refractivity contribution in [1.29, 1.82) is 0 Å². The third kappa shape index (κ3) is 5.94. The zero-order valence-corrected chi connectivity index (χ0v) is 25.2. The van der Waals surface area contributed by atoms with E-state index < -0.39 is 11.1 Å². The average Bonchev–Trinajstić information content (AvgIpc) is 3.04. The smallest absolute Gasteiger partial charge is 0.212 e. The molecule has 0 spiro atoms. The molecule has 1 aromatic carbocycles. The van der Waals surface area contributed by atoms with Gasteiger partial charge in [0.05, 0.1) is 11.3 Å². The van der Waals surface area contributed by atoms with Crippen molar-refractivity contribution in [1.82, 2.24) is 15.2 Å². The fourth-order valence-corrected chi connectivity index (χ4v) is 7.19. The number of ether oxygens (including phenoxy) is 1. The second-order valence-corrected chi connectivity index (χ2v) is 14.6. The van der Waals surface area contributed by atoms with Crippen LogP contribution in [0, 0.1) is 16.6 Å². The van der Waals surface area contributed by atoms with Gasteiger partial charge in [-0.1, -0.05) is 13.8 Å². The van der Waals surface area contributed by atoms with E-state index in [1.54, 1.807) is 30.5 Å². The lowest BCUT2D eigenvalue weighted by molar-refractivity contribution is 0.145. The Bertz CT molecular complexity index is 1380. The van der Waals surface area contributed by atoms with Gasteiger partial charge in [0.15, 0.2) is 0 Å². The van der Waals surface area contributed by atoms with Crippen molar-refractivity contribution in [3.05, 3.63) is 48.4 Å². The van der Waals surface area contributed by atoms with Gasteiger partial charge in [-0.2, -0.15) is 0 Å². The largest absolute Gasteiger partial charge is 0.507 e. The van der Waals surface area contributed by atoms with E-state index in [1.807, 2.05) is 29.6 Å². The fourth-order valence-electron chi connectivity index (χ4n) is 7.19. The molecule has 3 atom stereocenters. The lowest BCUT2D eigenvalue weighted by Crippen LogP contribution is -2.58. The van der Waals surface area contributed by atoms with Crippen LogP contribution in [0.4, 0.5) is 10.2 Å². The topological polar surface area (TPSA) is 71.4 Å². The molecule has 6 nitrogen and oxygen atoms in total. The number of benzene rings is 1. The Morgan fingerprint density at radius 2 is 1.62 bits per heavy atom. The summed E-state index contributed by atoms with van der Waals surface area (Å²) in [4.78, 5) is 6.66. The van der Waals surface area contributed by atoms with Crippen molar-refractivity contribution in [3.8, 4) is 34.0 Å².